The van der Waals surface area contributed by atoms with Crippen molar-refractivity contribution in [3.63, 3.8) is 0 Å². The summed E-state index contributed by atoms with van der Waals surface area (Å²) in [6, 6.07) is 37.6. The minimum absolute atomic E-state index is 0.206. The molecule has 0 radical (unpaired) electrons. The number of unbranched alkanes of at least 4 members (excludes halogenated alkanes) is 10. The topological polar surface area (TPSA) is 42.2 Å². The first-order valence-electron chi connectivity index (χ1n) is 17.3. The first-order valence-corrected chi connectivity index (χ1v) is 17.3. The van der Waals surface area contributed by atoms with Crippen LogP contribution in [0.2, 0.25) is 0 Å². The molecule has 0 aliphatic rings. The molecule has 1 atom stereocenters. The van der Waals surface area contributed by atoms with Gasteiger partial charge in [0.15, 0.2) is 0 Å². The van der Waals surface area contributed by atoms with Crippen LogP contribution in [0.1, 0.15) is 112 Å². The van der Waals surface area contributed by atoms with Gasteiger partial charge >= 0.3 is 0 Å². The van der Waals surface area contributed by atoms with Gasteiger partial charge in [0.25, 0.3) is 0 Å². The molecule has 0 amide bonds. The van der Waals surface area contributed by atoms with E-state index in [4.69, 9.17) is 9.47 Å². The van der Waals surface area contributed by atoms with Gasteiger partial charge < -0.3 is 9.47 Å². The van der Waals surface area contributed by atoms with Crippen molar-refractivity contribution in [1.82, 2.24) is 0 Å². The Kier molecular flexibility index (Phi) is 15.0. The molecule has 1 unspecified atom stereocenters. The van der Waals surface area contributed by atoms with E-state index >= 15 is 0 Å². The highest BCUT2D eigenvalue weighted by Crippen LogP contribution is 2.40. The minimum atomic E-state index is -0.838. The van der Waals surface area contributed by atoms with Crippen LogP contribution in [0.3, 0.4) is 0 Å². The highest BCUT2D eigenvalue weighted by Gasteiger charge is 2.38. The summed E-state index contributed by atoms with van der Waals surface area (Å²) in [7, 11) is 0. The molecule has 0 saturated heterocycles. The molecule has 0 aliphatic heterocycles. The molecule has 0 spiro atoms. The predicted molar refractivity (Wildman–Crippen MR) is 186 cm³/mol. The normalized spacial score (nSPS) is 12.1. The molecule has 46 heavy (non-hydrogen) atoms. The fraction of sp³-hybridized carbons (Fsp3) is 0.405. The van der Waals surface area contributed by atoms with Crippen LogP contribution in [0.25, 0.3) is 0 Å². The summed E-state index contributed by atoms with van der Waals surface area (Å²) in [5, 5.41) is 9.35. The first-order chi connectivity index (χ1) is 22.7. The number of rotatable bonds is 21. The zero-order chi connectivity index (χ0) is 32.3. The number of nitrogens with zero attached hydrogens (tertiary/aromatic N) is 1. The third-order valence-corrected chi connectivity index (χ3v) is 8.73. The van der Waals surface area contributed by atoms with E-state index in [1.165, 1.54) is 69.9 Å². The third-order valence-electron chi connectivity index (χ3n) is 8.73. The van der Waals surface area contributed by atoms with E-state index in [-0.39, 0.29) is 12.7 Å². The standard InChI is InChI=1S/C42H50FNO2/c1-2-3-4-5-6-7-8-9-10-11-21-28-41(45-33-36-29-35(32-44)30-40(43)31-36)34-46-42(37-22-15-12-16-23-37,38-24-17-13-18-25-38)39-26-19-14-20-27-39/h12-20,22-27,29-31,41H,2-11,21,28,33-34H2,1H3. The van der Waals surface area contributed by atoms with Gasteiger partial charge in [0.05, 0.1) is 31.0 Å². The second-order valence-corrected chi connectivity index (χ2v) is 12.3. The summed E-state index contributed by atoms with van der Waals surface area (Å²) >= 11 is 0. The van der Waals surface area contributed by atoms with Crippen molar-refractivity contribution in [1.29, 1.82) is 5.26 Å². The van der Waals surface area contributed by atoms with Gasteiger partial charge in [-0.2, -0.15) is 5.26 Å². The van der Waals surface area contributed by atoms with Crippen LogP contribution in [-0.2, 0) is 21.7 Å². The molecule has 3 nitrogen and oxygen atoms in total. The average Bonchev–Trinajstić information content (AvgIpc) is 3.10. The summed E-state index contributed by atoms with van der Waals surface area (Å²) in [6.45, 7) is 2.84. The Balaban J connectivity index is 1.48. The molecule has 0 fully saturated rings. The maximum Gasteiger partial charge on any atom is 0.143 e. The lowest BCUT2D eigenvalue weighted by molar-refractivity contribution is -0.0731. The highest BCUT2D eigenvalue weighted by molar-refractivity contribution is 5.47. The fourth-order valence-corrected chi connectivity index (χ4v) is 6.25. The molecule has 0 aromatic heterocycles. The van der Waals surface area contributed by atoms with Gasteiger partial charge in [-0.05, 0) is 46.9 Å². The minimum Gasteiger partial charge on any atom is -0.371 e. The van der Waals surface area contributed by atoms with E-state index in [0.29, 0.717) is 17.7 Å². The van der Waals surface area contributed by atoms with Crippen LogP contribution in [0.4, 0.5) is 4.39 Å². The lowest BCUT2D eigenvalue weighted by Crippen LogP contribution is -2.36. The number of hydrogen-bond acceptors (Lipinski definition) is 3. The van der Waals surface area contributed by atoms with Crippen LogP contribution < -0.4 is 0 Å². The largest absolute Gasteiger partial charge is 0.371 e. The van der Waals surface area contributed by atoms with Crippen LogP contribution in [0.5, 0.6) is 0 Å². The molecule has 0 aliphatic carbocycles. The quantitative estimate of drug-likeness (QED) is 0.0688. The lowest BCUT2D eigenvalue weighted by Gasteiger charge is -2.37. The second kappa shape index (κ2) is 19.7. The summed E-state index contributed by atoms with van der Waals surface area (Å²) in [4.78, 5) is 0. The van der Waals surface area contributed by atoms with Gasteiger partial charge in [-0.25, -0.2) is 4.39 Å². The SMILES string of the molecule is CCCCCCCCCCCCCC(COC(c1ccccc1)(c1ccccc1)c1ccccc1)OCc1cc(F)cc(C#N)c1. The summed E-state index contributed by atoms with van der Waals surface area (Å²) in [5.41, 5.74) is 3.25. The van der Waals surface area contributed by atoms with Crippen molar-refractivity contribution in [3.8, 4) is 6.07 Å². The Morgan fingerprint density at radius 1 is 0.652 bits per heavy atom. The van der Waals surface area contributed by atoms with E-state index < -0.39 is 11.4 Å². The molecule has 0 saturated carbocycles. The molecule has 4 aromatic rings. The van der Waals surface area contributed by atoms with Crippen molar-refractivity contribution in [2.24, 2.45) is 0 Å². The lowest BCUT2D eigenvalue weighted by atomic mass is 9.80. The van der Waals surface area contributed by atoms with E-state index in [1.54, 1.807) is 6.07 Å². The van der Waals surface area contributed by atoms with Gasteiger partial charge in [-0.1, -0.05) is 169 Å². The van der Waals surface area contributed by atoms with E-state index in [1.807, 2.05) is 18.2 Å². The van der Waals surface area contributed by atoms with E-state index in [2.05, 4.69) is 85.8 Å². The number of hydrogen-bond donors (Lipinski definition) is 0. The van der Waals surface area contributed by atoms with Gasteiger partial charge in [-0.3, -0.25) is 0 Å². The maximum atomic E-state index is 14.2. The van der Waals surface area contributed by atoms with Crippen molar-refractivity contribution < 1.29 is 13.9 Å². The highest BCUT2D eigenvalue weighted by atomic mass is 19.1. The Labute approximate surface area is 276 Å². The van der Waals surface area contributed by atoms with Gasteiger partial charge in [0.2, 0.25) is 0 Å². The average molecular weight is 620 g/mol. The van der Waals surface area contributed by atoms with Crippen molar-refractivity contribution in [2.45, 2.75) is 102 Å². The van der Waals surface area contributed by atoms with Crippen molar-refractivity contribution in [2.75, 3.05) is 6.61 Å². The number of nitriles is 1. The molecule has 0 N–H and O–H groups in total. The molecule has 242 valence electrons. The third kappa shape index (κ3) is 10.6. The summed E-state index contributed by atoms with van der Waals surface area (Å²) in [5.74, 6) is -0.424. The first kappa shape index (κ1) is 35.1. The van der Waals surface area contributed by atoms with Crippen LogP contribution >= 0.6 is 0 Å². The van der Waals surface area contributed by atoms with Gasteiger partial charge in [-0.15, -0.1) is 0 Å². The zero-order valence-electron chi connectivity index (χ0n) is 27.5. The maximum absolute atomic E-state index is 14.2. The van der Waals surface area contributed by atoms with Gasteiger partial charge in [0, 0.05) is 0 Å². The predicted octanol–water partition coefficient (Wildman–Crippen LogP) is 11.3. The molecule has 4 rings (SSSR count). The van der Waals surface area contributed by atoms with Crippen LogP contribution in [0, 0.1) is 17.1 Å². The van der Waals surface area contributed by atoms with Crippen molar-refractivity contribution >= 4 is 0 Å². The Bertz CT molecular complexity index is 1340. The Morgan fingerprint density at radius 3 is 1.61 bits per heavy atom. The number of halogens is 1. The van der Waals surface area contributed by atoms with Gasteiger partial charge in [0.1, 0.15) is 11.4 Å². The molecule has 0 heterocycles. The molecule has 4 heteroatoms. The Hall–Kier alpha value is -3.78. The summed E-state index contributed by atoms with van der Waals surface area (Å²) < 4.78 is 27.8. The van der Waals surface area contributed by atoms with Crippen LogP contribution in [0.15, 0.2) is 109 Å². The summed E-state index contributed by atoms with van der Waals surface area (Å²) in [6.07, 6.45) is 14.7. The molecule has 0 bridgehead atoms. The molecule has 4 aromatic carbocycles. The monoisotopic (exact) mass is 619 g/mol. The zero-order valence-corrected chi connectivity index (χ0v) is 27.5. The smallest absolute Gasteiger partial charge is 0.143 e. The van der Waals surface area contributed by atoms with E-state index in [9.17, 15) is 9.65 Å². The Morgan fingerprint density at radius 2 is 1.13 bits per heavy atom. The fourth-order valence-electron chi connectivity index (χ4n) is 6.25. The van der Waals surface area contributed by atoms with Crippen molar-refractivity contribution in [3.05, 3.63) is 143 Å². The molecular formula is C42H50FNO2. The van der Waals surface area contributed by atoms with Crippen LogP contribution in [-0.4, -0.2) is 12.7 Å². The van der Waals surface area contributed by atoms with E-state index in [0.717, 1.165) is 36.0 Å². The number of ether oxygens (including phenoxy) is 2. The molecular weight excluding hydrogens is 569 g/mol. The second-order valence-electron chi connectivity index (χ2n) is 12.3. The number of benzene rings is 4.